The van der Waals surface area contributed by atoms with E-state index in [0.717, 1.165) is 11.1 Å². The zero-order valence-electron chi connectivity index (χ0n) is 11.5. The van der Waals surface area contributed by atoms with Crippen LogP contribution >= 0.6 is 0 Å². The lowest BCUT2D eigenvalue weighted by atomic mass is 10.2. The van der Waals surface area contributed by atoms with Crippen LogP contribution in [0.4, 0.5) is 5.69 Å². The average molecular weight is 280 g/mol. The first kappa shape index (κ1) is 13.3. The van der Waals surface area contributed by atoms with Gasteiger partial charge in [-0.15, -0.1) is 5.10 Å². The Morgan fingerprint density at radius 3 is 2.71 bits per heavy atom. The minimum absolute atomic E-state index is 0.365. The highest BCUT2D eigenvalue weighted by molar-refractivity contribution is 5.60. The molecule has 3 aromatic rings. The SMILES string of the molecule is Nc1cccc(-c2ncn(COCc3ccccc3)n2)c1. The summed E-state index contributed by atoms with van der Waals surface area (Å²) in [7, 11) is 0. The molecule has 3 rings (SSSR count). The van der Waals surface area contributed by atoms with E-state index in [0.29, 0.717) is 24.8 Å². The Morgan fingerprint density at radius 1 is 1.05 bits per heavy atom. The van der Waals surface area contributed by atoms with Crippen molar-refractivity contribution in [2.75, 3.05) is 5.73 Å². The van der Waals surface area contributed by atoms with Gasteiger partial charge in [-0.1, -0.05) is 42.5 Å². The highest BCUT2D eigenvalue weighted by Gasteiger charge is 2.04. The van der Waals surface area contributed by atoms with E-state index in [1.807, 2.05) is 54.6 Å². The lowest BCUT2D eigenvalue weighted by molar-refractivity contribution is 0.0560. The Kier molecular flexibility index (Phi) is 3.93. The molecule has 0 saturated carbocycles. The number of hydrogen-bond donors (Lipinski definition) is 1. The number of nitrogen functional groups attached to an aromatic ring is 1. The molecule has 2 N–H and O–H groups in total. The Hall–Kier alpha value is -2.66. The molecule has 0 saturated heterocycles. The predicted octanol–water partition coefficient (Wildman–Crippen LogP) is 2.70. The van der Waals surface area contributed by atoms with Gasteiger partial charge in [-0.3, -0.25) is 0 Å². The normalized spacial score (nSPS) is 10.7. The second-order valence-electron chi connectivity index (χ2n) is 4.70. The van der Waals surface area contributed by atoms with Crippen LogP contribution in [0.15, 0.2) is 60.9 Å². The summed E-state index contributed by atoms with van der Waals surface area (Å²) in [5, 5.41) is 4.38. The molecule has 0 atom stereocenters. The highest BCUT2D eigenvalue weighted by atomic mass is 16.5. The van der Waals surface area contributed by atoms with Crippen LogP contribution in [0.5, 0.6) is 0 Å². The van der Waals surface area contributed by atoms with Crippen molar-refractivity contribution < 1.29 is 4.74 Å². The van der Waals surface area contributed by atoms with Crippen molar-refractivity contribution in [3.8, 4) is 11.4 Å². The Labute approximate surface area is 123 Å². The molecular weight excluding hydrogens is 264 g/mol. The molecule has 1 heterocycles. The van der Waals surface area contributed by atoms with Gasteiger partial charge in [0.2, 0.25) is 0 Å². The lowest BCUT2D eigenvalue weighted by Gasteiger charge is -2.03. The Balaban J connectivity index is 1.60. The van der Waals surface area contributed by atoms with Gasteiger partial charge >= 0.3 is 0 Å². The number of benzene rings is 2. The first-order valence-corrected chi connectivity index (χ1v) is 6.68. The van der Waals surface area contributed by atoms with Crippen molar-refractivity contribution >= 4 is 5.69 Å². The van der Waals surface area contributed by atoms with Gasteiger partial charge in [0.15, 0.2) is 5.82 Å². The van der Waals surface area contributed by atoms with Crippen LogP contribution in [0, 0.1) is 0 Å². The number of hydrogen-bond acceptors (Lipinski definition) is 4. The van der Waals surface area contributed by atoms with E-state index in [2.05, 4.69) is 10.1 Å². The van der Waals surface area contributed by atoms with Gasteiger partial charge in [0.05, 0.1) is 6.61 Å². The zero-order chi connectivity index (χ0) is 14.5. The van der Waals surface area contributed by atoms with Crippen molar-refractivity contribution in [1.82, 2.24) is 14.8 Å². The highest BCUT2D eigenvalue weighted by Crippen LogP contribution is 2.16. The summed E-state index contributed by atoms with van der Waals surface area (Å²) in [5.74, 6) is 0.644. The molecule has 106 valence electrons. The first-order chi connectivity index (χ1) is 10.3. The summed E-state index contributed by atoms with van der Waals surface area (Å²) in [6, 6.07) is 17.5. The fourth-order valence-corrected chi connectivity index (χ4v) is 2.00. The zero-order valence-corrected chi connectivity index (χ0v) is 11.5. The van der Waals surface area contributed by atoms with Crippen molar-refractivity contribution in [2.45, 2.75) is 13.3 Å². The van der Waals surface area contributed by atoms with Gasteiger partial charge in [0.1, 0.15) is 13.1 Å². The molecule has 0 fully saturated rings. The quantitative estimate of drug-likeness (QED) is 0.730. The summed E-state index contributed by atoms with van der Waals surface area (Å²) in [6.07, 6.45) is 1.66. The standard InChI is InChI=1S/C16H16N4O/c17-15-8-4-7-14(9-15)16-18-11-20(19-16)12-21-10-13-5-2-1-3-6-13/h1-9,11H,10,12,17H2. The molecule has 2 aromatic carbocycles. The number of nitrogens with two attached hydrogens (primary N) is 1. The largest absolute Gasteiger partial charge is 0.399 e. The number of aromatic nitrogens is 3. The van der Waals surface area contributed by atoms with Crippen LogP contribution in [0.3, 0.4) is 0 Å². The molecule has 0 aliphatic heterocycles. The molecule has 1 aromatic heterocycles. The van der Waals surface area contributed by atoms with Crippen molar-refractivity contribution in [3.63, 3.8) is 0 Å². The van der Waals surface area contributed by atoms with E-state index >= 15 is 0 Å². The fourth-order valence-electron chi connectivity index (χ4n) is 2.00. The Bertz CT molecular complexity index is 709. The van der Waals surface area contributed by atoms with Crippen LogP contribution in [0.1, 0.15) is 5.56 Å². The number of nitrogens with zero attached hydrogens (tertiary/aromatic N) is 3. The maximum absolute atomic E-state index is 5.76. The third kappa shape index (κ3) is 3.46. The smallest absolute Gasteiger partial charge is 0.181 e. The van der Waals surface area contributed by atoms with Crippen molar-refractivity contribution in [3.05, 3.63) is 66.5 Å². The van der Waals surface area contributed by atoms with Crippen molar-refractivity contribution in [1.29, 1.82) is 0 Å². The Morgan fingerprint density at radius 2 is 1.90 bits per heavy atom. The molecule has 5 nitrogen and oxygen atoms in total. The first-order valence-electron chi connectivity index (χ1n) is 6.68. The molecular formula is C16H16N4O. The van der Waals surface area contributed by atoms with E-state index in [9.17, 15) is 0 Å². The molecule has 21 heavy (non-hydrogen) atoms. The lowest BCUT2D eigenvalue weighted by Crippen LogP contribution is -2.03. The maximum atomic E-state index is 5.76. The molecule has 0 unspecified atom stereocenters. The van der Waals surface area contributed by atoms with Gasteiger partial charge in [0.25, 0.3) is 0 Å². The molecule has 0 bridgehead atoms. The third-order valence-electron chi connectivity index (χ3n) is 3.02. The summed E-state index contributed by atoms with van der Waals surface area (Å²) in [6.45, 7) is 0.915. The molecule has 0 aliphatic rings. The van der Waals surface area contributed by atoms with Gasteiger partial charge in [-0.2, -0.15) is 0 Å². The summed E-state index contributed by atoms with van der Waals surface area (Å²) >= 11 is 0. The van der Waals surface area contributed by atoms with Gasteiger partial charge < -0.3 is 10.5 Å². The third-order valence-corrected chi connectivity index (χ3v) is 3.02. The van der Waals surface area contributed by atoms with Crippen LogP contribution in [-0.4, -0.2) is 14.8 Å². The fraction of sp³-hybridized carbons (Fsp3) is 0.125. The van der Waals surface area contributed by atoms with E-state index in [-0.39, 0.29) is 0 Å². The van der Waals surface area contributed by atoms with Gasteiger partial charge in [0, 0.05) is 11.3 Å². The minimum atomic E-state index is 0.365. The summed E-state index contributed by atoms with van der Waals surface area (Å²) < 4.78 is 7.28. The summed E-state index contributed by atoms with van der Waals surface area (Å²) in [4.78, 5) is 4.27. The summed E-state index contributed by atoms with van der Waals surface area (Å²) in [5.41, 5.74) is 8.49. The predicted molar refractivity (Wildman–Crippen MR) is 81.1 cm³/mol. The number of ether oxygens (including phenoxy) is 1. The molecule has 5 heteroatoms. The van der Waals surface area contributed by atoms with Crippen LogP contribution in [-0.2, 0) is 18.1 Å². The topological polar surface area (TPSA) is 66.0 Å². The molecule has 0 amide bonds. The second-order valence-corrected chi connectivity index (χ2v) is 4.70. The maximum Gasteiger partial charge on any atom is 0.181 e. The molecule has 0 aliphatic carbocycles. The van der Waals surface area contributed by atoms with E-state index in [1.165, 1.54) is 0 Å². The molecule has 0 spiro atoms. The van der Waals surface area contributed by atoms with E-state index in [1.54, 1.807) is 11.0 Å². The molecule has 0 radical (unpaired) electrons. The van der Waals surface area contributed by atoms with Crippen molar-refractivity contribution in [2.24, 2.45) is 0 Å². The van der Waals surface area contributed by atoms with E-state index < -0.39 is 0 Å². The van der Waals surface area contributed by atoms with Crippen LogP contribution in [0.25, 0.3) is 11.4 Å². The average Bonchev–Trinajstić information content (AvgIpc) is 2.97. The minimum Gasteiger partial charge on any atom is -0.399 e. The second kappa shape index (κ2) is 6.19. The van der Waals surface area contributed by atoms with E-state index in [4.69, 9.17) is 10.5 Å². The number of rotatable bonds is 5. The number of anilines is 1. The van der Waals surface area contributed by atoms with Gasteiger partial charge in [-0.25, -0.2) is 9.67 Å². The van der Waals surface area contributed by atoms with Crippen LogP contribution < -0.4 is 5.73 Å². The van der Waals surface area contributed by atoms with Crippen LogP contribution in [0.2, 0.25) is 0 Å². The van der Waals surface area contributed by atoms with Gasteiger partial charge in [-0.05, 0) is 17.7 Å². The monoisotopic (exact) mass is 280 g/mol.